The van der Waals surface area contributed by atoms with E-state index in [9.17, 15) is 14.4 Å². The molecule has 8 nitrogen and oxygen atoms in total. The number of nitrogens with one attached hydrogen (secondary N) is 1. The van der Waals surface area contributed by atoms with Crippen LogP contribution < -0.4 is 5.48 Å². The van der Waals surface area contributed by atoms with Gasteiger partial charge in [-0.3, -0.25) is 4.84 Å². The summed E-state index contributed by atoms with van der Waals surface area (Å²) in [5.41, 5.74) is 7.69. The van der Waals surface area contributed by atoms with Crippen molar-refractivity contribution in [3.63, 3.8) is 0 Å². The molecule has 4 rings (SSSR count). The molecular formula is C25H21NO7. The fourth-order valence-corrected chi connectivity index (χ4v) is 3.75. The van der Waals surface area contributed by atoms with Gasteiger partial charge in [-0.05, 0) is 39.9 Å². The predicted molar refractivity (Wildman–Crippen MR) is 117 cm³/mol. The first-order chi connectivity index (χ1) is 16.0. The Morgan fingerprint density at radius 3 is 2.03 bits per heavy atom. The molecule has 0 heterocycles. The molecule has 0 saturated carbocycles. The summed E-state index contributed by atoms with van der Waals surface area (Å²) in [6, 6.07) is 22.3. The average Bonchev–Trinajstić information content (AvgIpc) is 3.15. The Bertz CT molecular complexity index is 1130. The van der Waals surface area contributed by atoms with Gasteiger partial charge in [0, 0.05) is 5.92 Å². The van der Waals surface area contributed by atoms with Gasteiger partial charge in [-0.15, -0.1) is 0 Å². The monoisotopic (exact) mass is 447 g/mol. The first-order valence-corrected chi connectivity index (χ1v) is 10.2. The van der Waals surface area contributed by atoms with E-state index in [0.717, 1.165) is 22.3 Å². The minimum atomic E-state index is -1.23. The number of ether oxygens (including phenoxy) is 2. The van der Waals surface area contributed by atoms with E-state index in [1.54, 1.807) is 12.1 Å². The van der Waals surface area contributed by atoms with E-state index in [-0.39, 0.29) is 24.7 Å². The molecule has 0 atom stereocenters. The third-order valence-electron chi connectivity index (χ3n) is 5.25. The lowest BCUT2D eigenvalue weighted by molar-refractivity contribution is -0.140. The van der Waals surface area contributed by atoms with E-state index in [2.05, 4.69) is 22.3 Å². The van der Waals surface area contributed by atoms with Crippen LogP contribution in [0.5, 0.6) is 0 Å². The molecule has 0 radical (unpaired) electrons. The van der Waals surface area contributed by atoms with Crippen LogP contribution in [0.15, 0.2) is 72.8 Å². The highest BCUT2D eigenvalue weighted by Crippen LogP contribution is 2.44. The molecule has 0 fully saturated rings. The van der Waals surface area contributed by atoms with Crippen molar-refractivity contribution in [3.05, 3.63) is 95.1 Å². The second-order valence-electron chi connectivity index (χ2n) is 7.38. The number of carbonyl (C=O) groups excluding carboxylic acids is 2. The zero-order valence-electron chi connectivity index (χ0n) is 17.5. The molecule has 0 aromatic heterocycles. The van der Waals surface area contributed by atoms with Gasteiger partial charge in [-0.1, -0.05) is 60.7 Å². The SMILES string of the molecule is O=C(O)COC(=O)c1ccc(CONC(=O)OCC2c3ccccc3-c3ccccc32)cc1. The molecule has 2 N–H and O–H groups in total. The fourth-order valence-electron chi connectivity index (χ4n) is 3.75. The van der Waals surface area contributed by atoms with Gasteiger partial charge < -0.3 is 14.6 Å². The maximum atomic E-state index is 12.1. The van der Waals surface area contributed by atoms with Crippen LogP contribution in [0, 0.1) is 0 Å². The Kier molecular flexibility index (Phi) is 6.66. The number of benzene rings is 3. The Morgan fingerprint density at radius 1 is 0.818 bits per heavy atom. The van der Waals surface area contributed by atoms with E-state index in [0.29, 0.717) is 5.56 Å². The quantitative estimate of drug-likeness (QED) is 0.398. The Hall–Kier alpha value is -4.17. The molecule has 3 aromatic carbocycles. The van der Waals surface area contributed by atoms with Crippen molar-refractivity contribution in [2.45, 2.75) is 12.5 Å². The highest BCUT2D eigenvalue weighted by atomic mass is 16.7. The summed E-state index contributed by atoms with van der Waals surface area (Å²) in [5, 5.41) is 8.54. The lowest BCUT2D eigenvalue weighted by atomic mass is 9.98. The molecular weight excluding hydrogens is 426 g/mol. The Balaban J connectivity index is 1.25. The minimum Gasteiger partial charge on any atom is -0.479 e. The maximum absolute atomic E-state index is 12.1. The average molecular weight is 447 g/mol. The molecule has 33 heavy (non-hydrogen) atoms. The molecule has 8 heteroatoms. The van der Waals surface area contributed by atoms with Crippen LogP contribution in [-0.4, -0.2) is 36.4 Å². The van der Waals surface area contributed by atoms with E-state index in [1.165, 1.54) is 12.1 Å². The first-order valence-electron chi connectivity index (χ1n) is 10.2. The Morgan fingerprint density at radius 2 is 1.42 bits per heavy atom. The van der Waals surface area contributed by atoms with Crippen molar-refractivity contribution in [1.29, 1.82) is 0 Å². The smallest absolute Gasteiger partial charge is 0.431 e. The van der Waals surface area contributed by atoms with Crippen molar-refractivity contribution < 1.29 is 33.8 Å². The van der Waals surface area contributed by atoms with Gasteiger partial charge in [0.05, 0.1) is 12.2 Å². The summed E-state index contributed by atoms with van der Waals surface area (Å²) in [4.78, 5) is 39.5. The number of aliphatic carboxylic acids is 1. The number of carbonyl (C=O) groups is 3. The van der Waals surface area contributed by atoms with Gasteiger partial charge in [0.15, 0.2) is 6.61 Å². The second-order valence-corrected chi connectivity index (χ2v) is 7.38. The van der Waals surface area contributed by atoms with E-state index in [4.69, 9.17) is 14.7 Å². The van der Waals surface area contributed by atoms with Gasteiger partial charge >= 0.3 is 18.0 Å². The number of carboxylic acid groups (broad SMARTS) is 1. The summed E-state index contributed by atoms with van der Waals surface area (Å²) in [6.07, 6.45) is -0.703. The van der Waals surface area contributed by atoms with Crippen LogP contribution in [0.3, 0.4) is 0 Å². The number of amides is 1. The number of rotatable bonds is 8. The number of carboxylic acids is 1. The molecule has 0 bridgehead atoms. The topological polar surface area (TPSA) is 111 Å². The van der Waals surface area contributed by atoms with Crippen LogP contribution in [0.25, 0.3) is 11.1 Å². The predicted octanol–water partition coefficient (Wildman–Crippen LogP) is 3.90. The van der Waals surface area contributed by atoms with Crippen molar-refractivity contribution in [1.82, 2.24) is 5.48 Å². The first kappa shape index (κ1) is 22.0. The number of hydrogen-bond donors (Lipinski definition) is 2. The summed E-state index contributed by atoms with van der Waals surface area (Å²) in [5.74, 6) is -2.01. The van der Waals surface area contributed by atoms with Gasteiger partial charge in [-0.25, -0.2) is 14.4 Å². The van der Waals surface area contributed by atoms with Crippen molar-refractivity contribution in [2.24, 2.45) is 0 Å². The summed E-state index contributed by atoms with van der Waals surface area (Å²) in [7, 11) is 0. The van der Waals surface area contributed by atoms with Gasteiger partial charge in [-0.2, -0.15) is 5.48 Å². The van der Waals surface area contributed by atoms with Crippen LogP contribution >= 0.6 is 0 Å². The highest BCUT2D eigenvalue weighted by Gasteiger charge is 2.29. The molecule has 3 aromatic rings. The second kappa shape index (κ2) is 9.97. The number of hydroxylamine groups is 1. The molecule has 0 saturated heterocycles. The van der Waals surface area contributed by atoms with Crippen LogP contribution in [0.2, 0.25) is 0 Å². The molecule has 168 valence electrons. The van der Waals surface area contributed by atoms with Crippen molar-refractivity contribution in [3.8, 4) is 11.1 Å². The molecule has 1 aliphatic carbocycles. The summed E-state index contributed by atoms with van der Waals surface area (Å²) < 4.78 is 10.0. The van der Waals surface area contributed by atoms with Crippen LogP contribution in [0.4, 0.5) is 4.79 Å². The van der Waals surface area contributed by atoms with Gasteiger partial charge in [0.2, 0.25) is 0 Å². The lowest BCUT2D eigenvalue weighted by Crippen LogP contribution is -2.26. The largest absolute Gasteiger partial charge is 0.479 e. The summed E-state index contributed by atoms with van der Waals surface area (Å²) in [6.45, 7) is -0.473. The van der Waals surface area contributed by atoms with Crippen molar-refractivity contribution in [2.75, 3.05) is 13.2 Å². The molecule has 1 aliphatic rings. The zero-order chi connectivity index (χ0) is 23.2. The lowest BCUT2D eigenvalue weighted by Gasteiger charge is -2.14. The molecule has 1 amide bonds. The molecule has 0 spiro atoms. The standard InChI is InChI=1S/C25H21NO7/c27-23(28)15-31-24(29)17-11-9-16(10-12-17)13-33-26-25(30)32-14-22-20-7-3-1-5-18(20)19-6-2-4-8-21(19)22/h1-12,22H,13-15H2,(H,26,30)(H,27,28). The minimum absolute atomic E-state index is 0.0448. The normalized spacial score (nSPS) is 11.9. The fraction of sp³-hybridized carbons (Fsp3) is 0.160. The van der Waals surface area contributed by atoms with Crippen LogP contribution in [0.1, 0.15) is 33.0 Å². The van der Waals surface area contributed by atoms with E-state index in [1.807, 2.05) is 36.4 Å². The molecule has 0 aliphatic heterocycles. The third-order valence-corrected chi connectivity index (χ3v) is 5.25. The maximum Gasteiger partial charge on any atom is 0.431 e. The number of hydrogen-bond acceptors (Lipinski definition) is 6. The number of esters is 1. The van der Waals surface area contributed by atoms with Gasteiger partial charge in [0.1, 0.15) is 6.61 Å². The third kappa shape index (κ3) is 5.19. The highest BCUT2D eigenvalue weighted by molar-refractivity contribution is 5.90. The van der Waals surface area contributed by atoms with E-state index >= 15 is 0 Å². The van der Waals surface area contributed by atoms with Crippen LogP contribution in [-0.2, 0) is 25.7 Å². The van der Waals surface area contributed by atoms with Crippen molar-refractivity contribution >= 4 is 18.0 Å². The summed E-state index contributed by atoms with van der Waals surface area (Å²) >= 11 is 0. The van der Waals surface area contributed by atoms with Gasteiger partial charge in [0.25, 0.3) is 0 Å². The molecule has 0 unspecified atom stereocenters. The number of fused-ring (bicyclic) bond motifs is 3. The van der Waals surface area contributed by atoms with E-state index < -0.39 is 24.6 Å². The Labute approximate surface area is 189 Å². The zero-order valence-corrected chi connectivity index (χ0v) is 17.5.